The maximum atomic E-state index is 4.37. The summed E-state index contributed by atoms with van der Waals surface area (Å²) in [5, 5.41) is 7.92. The molecule has 0 fully saturated rings. The highest BCUT2D eigenvalue weighted by atomic mass is 15.3. The first-order valence-corrected chi connectivity index (χ1v) is 7.60. The van der Waals surface area contributed by atoms with Gasteiger partial charge in [-0.2, -0.15) is 5.10 Å². The molecule has 0 saturated carbocycles. The minimum absolute atomic E-state index is 0.511. The summed E-state index contributed by atoms with van der Waals surface area (Å²) in [6.07, 6.45) is 6.38. The van der Waals surface area contributed by atoms with E-state index in [2.05, 4.69) is 60.8 Å². The van der Waals surface area contributed by atoms with Gasteiger partial charge in [0.05, 0.1) is 6.20 Å². The van der Waals surface area contributed by atoms with Crippen LogP contribution >= 0.6 is 0 Å². The van der Waals surface area contributed by atoms with E-state index in [0.29, 0.717) is 5.92 Å². The second kappa shape index (κ2) is 7.85. The highest BCUT2D eigenvalue weighted by molar-refractivity contribution is 5.22. The summed E-state index contributed by atoms with van der Waals surface area (Å²) in [6.45, 7) is 7.36. The molecule has 3 heteroatoms. The van der Waals surface area contributed by atoms with Crippen molar-refractivity contribution >= 4 is 0 Å². The van der Waals surface area contributed by atoms with E-state index in [9.17, 15) is 0 Å². The number of rotatable bonds is 8. The van der Waals surface area contributed by atoms with E-state index in [1.807, 2.05) is 10.9 Å². The largest absolute Gasteiger partial charge is 0.316 e. The van der Waals surface area contributed by atoms with Gasteiger partial charge in [-0.1, -0.05) is 37.3 Å². The van der Waals surface area contributed by atoms with Crippen molar-refractivity contribution in [1.82, 2.24) is 15.1 Å². The molecule has 0 spiro atoms. The van der Waals surface area contributed by atoms with Crippen molar-refractivity contribution in [2.75, 3.05) is 13.1 Å². The molecule has 0 aliphatic carbocycles. The van der Waals surface area contributed by atoms with Crippen LogP contribution in [-0.4, -0.2) is 22.9 Å². The Morgan fingerprint density at radius 3 is 2.65 bits per heavy atom. The fourth-order valence-electron chi connectivity index (χ4n) is 2.46. The molecule has 0 aliphatic heterocycles. The van der Waals surface area contributed by atoms with E-state index in [-0.39, 0.29) is 0 Å². The molecule has 20 heavy (non-hydrogen) atoms. The molecule has 0 radical (unpaired) electrons. The molecule has 1 N–H and O–H groups in total. The molecule has 1 unspecified atom stereocenters. The molecule has 2 aromatic rings. The zero-order chi connectivity index (χ0) is 14.2. The van der Waals surface area contributed by atoms with Crippen LogP contribution in [0.4, 0.5) is 0 Å². The van der Waals surface area contributed by atoms with E-state index in [4.69, 9.17) is 0 Å². The maximum absolute atomic E-state index is 4.37. The SMILES string of the molecule is CCCNCC(Cc1cnn(CC)c1)c1ccccc1. The average Bonchev–Trinajstić information content (AvgIpc) is 2.95. The van der Waals surface area contributed by atoms with Gasteiger partial charge in [-0.3, -0.25) is 4.68 Å². The fraction of sp³-hybridized carbons (Fsp3) is 0.471. The van der Waals surface area contributed by atoms with Crippen molar-refractivity contribution in [1.29, 1.82) is 0 Å². The van der Waals surface area contributed by atoms with Crippen molar-refractivity contribution < 1.29 is 0 Å². The Labute approximate surface area is 122 Å². The van der Waals surface area contributed by atoms with Gasteiger partial charge in [0.1, 0.15) is 0 Å². The molecule has 0 bridgehead atoms. The molecular weight excluding hydrogens is 246 g/mol. The Hall–Kier alpha value is -1.61. The van der Waals surface area contributed by atoms with Crippen LogP contribution < -0.4 is 5.32 Å². The van der Waals surface area contributed by atoms with Crippen LogP contribution in [0, 0.1) is 0 Å². The minimum atomic E-state index is 0.511. The lowest BCUT2D eigenvalue weighted by Gasteiger charge is -2.17. The summed E-state index contributed by atoms with van der Waals surface area (Å²) in [7, 11) is 0. The first kappa shape index (κ1) is 14.8. The van der Waals surface area contributed by atoms with Gasteiger partial charge in [-0.15, -0.1) is 0 Å². The summed E-state index contributed by atoms with van der Waals surface area (Å²) in [5.41, 5.74) is 2.72. The normalized spacial score (nSPS) is 12.5. The number of nitrogens with zero attached hydrogens (tertiary/aromatic N) is 2. The van der Waals surface area contributed by atoms with Crippen LogP contribution in [0.3, 0.4) is 0 Å². The number of nitrogens with one attached hydrogen (secondary N) is 1. The average molecular weight is 271 g/mol. The second-order valence-corrected chi connectivity index (χ2v) is 5.22. The number of hydrogen-bond donors (Lipinski definition) is 1. The zero-order valence-corrected chi connectivity index (χ0v) is 12.5. The second-order valence-electron chi connectivity index (χ2n) is 5.22. The number of aryl methyl sites for hydroxylation is 1. The standard InChI is InChI=1S/C17H25N3/c1-3-10-18-13-17(16-8-6-5-7-9-16)11-15-12-19-20(4-2)14-15/h5-9,12,14,17-18H,3-4,10-11,13H2,1-2H3. The van der Waals surface area contributed by atoms with Gasteiger partial charge in [-0.25, -0.2) is 0 Å². The van der Waals surface area contributed by atoms with Crippen molar-refractivity contribution in [2.24, 2.45) is 0 Å². The Kier molecular flexibility index (Phi) is 5.81. The van der Waals surface area contributed by atoms with Gasteiger partial charge in [-0.05, 0) is 37.4 Å². The van der Waals surface area contributed by atoms with Crippen LogP contribution in [0.5, 0.6) is 0 Å². The Morgan fingerprint density at radius 2 is 2.00 bits per heavy atom. The Bertz CT molecular complexity index is 490. The van der Waals surface area contributed by atoms with Gasteiger partial charge in [0.15, 0.2) is 0 Å². The summed E-state index contributed by atoms with van der Waals surface area (Å²) in [5.74, 6) is 0.511. The van der Waals surface area contributed by atoms with Crippen molar-refractivity contribution in [3.8, 4) is 0 Å². The quantitative estimate of drug-likeness (QED) is 0.747. The highest BCUT2D eigenvalue weighted by Crippen LogP contribution is 2.20. The van der Waals surface area contributed by atoms with Crippen molar-refractivity contribution in [2.45, 2.75) is 39.2 Å². The summed E-state index contributed by atoms with van der Waals surface area (Å²) in [4.78, 5) is 0. The van der Waals surface area contributed by atoms with Gasteiger partial charge >= 0.3 is 0 Å². The molecule has 0 amide bonds. The third kappa shape index (κ3) is 4.20. The van der Waals surface area contributed by atoms with Crippen LogP contribution in [0.25, 0.3) is 0 Å². The summed E-state index contributed by atoms with van der Waals surface area (Å²) >= 11 is 0. The molecule has 0 aliphatic rings. The summed E-state index contributed by atoms with van der Waals surface area (Å²) < 4.78 is 2.00. The zero-order valence-electron chi connectivity index (χ0n) is 12.5. The third-order valence-corrected chi connectivity index (χ3v) is 3.58. The molecule has 1 atom stereocenters. The van der Waals surface area contributed by atoms with Crippen molar-refractivity contribution in [3.05, 3.63) is 53.9 Å². The van der Waals surface area contributed by atoms with E-state index >= 15 is 0 Å². The lowest BCUT2D eigenvalue weighted by Crippen LogP contribution is -2.23. The smallest absolute Gasteiger partial charge is 0.0521 e. The number of hydrogen-bond acceptors (Lipinski definition) is 2. The molecule has 1 aromatic carbocycles. The van der Waals surface area contributed by atoms with Crippen LogP contribution in [-0.2, 0) is 13.0 Å². The molecule has 1 aromatic heterocycles. The first-order valence-electron chi connectivity index (χ1n) is 7.60. The van der Waals surface area contributed by atoms with Crippen LogP contribution in [0.15, 0.2) is 42.7 Å². The van der Waals surface area contributed by atoms with Gasteiger partial charge in [0.25, 0.3) is 0 Å². The van der Waals surface area contributed by atoms with E-state index < -0.39 is 0 Å². The molecule has 1 heterocycles. The van der Waals surface area contributed by atoms with Crippen LogP contribution in [0.1, 0.15) is 37.3 Å². The summed E-state index contributed by atoms with van der Waals surface area (Å²) in [6, 6.07) is 10.8. The molecule has 0 saturated heterocycles. The Balaban J connectivity index is 2.05. The third-order valence-electron chi connectivity index (χ3n) is 3.58. The number of benzene rings is 1. The minimum Gasteiger partial charge on any atom is -0.316 e. The molecule has 3 nitrogen and oxygen atoms in total. The molecule has 108 valence electrons. The van der Waals surface area contributed by atoms with E-state index in [1.54, 1.807) is 0 Å². The van der Waals surface area contributed by atoms with Gasteiger partial charge in [0.2, 0.25) is 0 Å². The molecule has 2 rings (SSSR count). The van der Waals surface area contributed by atoms with Gasteiger partial charge in [0, 0.05) is 25.2 Å². The van der Waals surface area contributed by atoms with Crippen LogP contribution in [0.2, 0.25) is 0 Å². The lowest BCUT2D eigenvalue weighted by atomic mass is 9.93. The van der Waals surface area contributed by atoms with E-state index in [0.717, 1.165) is 26.1 Å². The van der Waals surface area contributed by atoms with Gasteiger partial charge < -0.3 is 5.32 Å². The number of aromatic nitrogens is 2. The topological polar surface area (TPSA) is 29.9 Å². The first-order chi connectivity index (χ1) is 9.83. The van der Waals surface area contributed by atoms with E-state index in [1.165, 1.54) is 17.5 Å². The lowest BCUT2D eigenvalue weighted by molar-refractivity contribution is 0.576. The fourth-order valence-corrected chi connectivity index (χ4v) is 2.46. The van der Waals surface area contributed by atoms with Crippen molar-refractivity contribution in [3.63, 3.8) is 0 Å². The monoisotopic (exact) mass is 271 g/mol. The predicted octanol–water partition coefficient (Wildman–Crippen LogP) is 3.23. The Morgan fingerprint density at radius 1 is 1.20 bits per heavy atom. The highest BCUT2D eigenvalue weighted by Gasteiger charge is 2.13. The maximum Gasteiger partial charge on any atom is 0.0521 e. The predicted molar refractivity (Wildman–Crippen MR) is 83.9 cm³/mol. The molecular formula is C17H25N3.